The van der Waals surface area contributed by atoms with Gasteiger partial charge in [-0.05, 0) is 30.5 Å². The first-order valence-electron chi connectivity index (χ1n) is 9.25. The van der Waals surface area contributed by atoms with Crippen molar-refractivity contribution < 1.29 is 14.3 Å². The summed E-state index contributed by atoms with van der Waals surface area (Å²) in [6.07, 6.45) is 3.94. The third-order valence-electron chi connectivity index (χ3n) is 5.55. The highest BCUT2D eigenvalue weighted by Gasteiger charge is 2.38. The Morgan fingerprint density at radius 3 is 2.96 bits per heavy atom. The van der Waals surface area contributed by atoms with Gasteiger partial charge in [-0.3, -0.25) is 9.69 Å². The molecule has 2 fully saturated rings. The number of benzene rings is 1. The Bertz CT molecular complexity index is 590. The van der Waals surface area contributed by atoms with Gasteiger partial charge in [0.05, 0.1) is 19.3 Å². The van der Waals surface area contributed by atoms with Crippen LogP contribution in [0.15, 0.2) is 24.3 Å². The maximum Gasteiger partial charge on any atom is 0.253 e. The summed E-state index contributed by atoms with van der Waals surface area (Å²) in [6, 6.07) is 8.41. The largest absolute Gasteiger partial charge is 0.381 e. The van der Waals surface area contributed by atoms with E-state index in [1.807, 2.05) is 25.3 Å². The first-order valence-corrected chi connectivity index (χ1v) is 9.25. The number of nitrogens with zero attached hydrogens (tertiary/aromatic N) is 2. The summed E-state index contributed by atoms with van der Waals surface area (Å²) in [6.45, 7) is 3.34. The summed E-state index contributed by atoms with van der Waals surface area (Å²) in [5, 5.41) is 0. The van der Waals surface area contributed by atoms with Gasteiger partial charge in [0.25, 0.3) is 5.91 Å². The molecule has 0 N–H and O–H groups in total. The smallest absolute Gasteiger partial charge is 0.253 e. The van der Waals surface area contributed by atoms with Gasteiger partial charge in [0, 0.05) is 51.8 Å². The minimum absolute atomic E-state index is 0.0515. The number of hydrogen-bond acceptors (Lipinski definition) is 4. The average molecular weight is 346 g/mol. The second-order valence-corrected chi connectivity index (χ2v) is 7.38. The van der Waals surface area contributed by atoms with Gasteiger partial charge in [-0.15, -0.1) is 0 Å². The van der Waals surface area contributed by atoms with Crippen molar-refractivity contribution in [3.63, 3.8) is 0 Å². The minimum Gasteiger partial charge on any atom is -0.381 e. The summed E-state index contributed by atoms with van der Waals surface area (Å²) < 4.78 is 11.5. The van der Waals surface area contributed by atoms with Crippen LogP contribution in [0.2, 0.25) is 0 Å². The lowest BCUT2D eigenvalue weighted by Crippen LogP contribution is -2.50. The molecule has 1 saturated heterocycles. The van der Waals surface area contributed by atoms with Crippen LogP contribution in [0.4, 0.5) is 0 Å². The van der Waals surface area contributed by atoms with Gasteiger partial charge in [-0.2, -0.15) is 0 Å². The fourth-order valence-electron chi connectivity index (χ4n) is 4.23. The lowest BCUT2D eigenvalue weighted by Gasteiger charge is -2.40. The van der Waals surface area contributed by atoms with Crippen LogP contribution in [0.3, 0.4) is 0 Å². The molecule has 5 heteroatoms. The molecule has 1 aliphatic heterocycles. The molecule has 3 atom stereocenters. The first kappa shape index (κ1) is 18.4. The molecule has 1 saturated carbocycles. The van der Waals surface area contributed by atoms with Crippen LogP contribution in [0.25, 0.3) is 0 Å². The van der Waals surface area contributed by atoms with Crippen molar-refractivity contribution in [2.75, 3.05) is 41.0 Å². The molecule has 1 aromatic carbocycles. The summed E-state index contributed by atoms with van der Waals surface area (Å²) >= 11 is 0. The maximum absolute atomic E-state index is 12.2. The molecule has 5 nitrogen and oxygen atoms in total. The Balaban J connectivity index is 1.73. The predicted octanol–water partition coefficient (Wildman–Crippen LogP) is 2.40. The number of ether oxygens (including phenoxy) is 2. The van der Waals surface area contributed by atoms with Crippen LogP contribution < -0.4 is 0 Å². The first-order chi connectivity index (χ1) is 12.1. The zero-order valence-corrected chi connectivity index (χ0v) is 15.6. The van der Waals surface area contributed by atoms with Gasteiger partial charge in [0.1, 0.15) is 0 Å². The van der Waals surface area contributed by atoms with Crippen LogP contribution >= 0.6 is 0 Å². The highest BCUT2D eigenvalue weighted by molar-refractivity contribution is 5.94. The van der Waals surface area contributed by atoms with Crippen molar-refractivity contribution in [3.05, 3.63) is 35.4 Å². The molecule has 0 aromatic heterocycles. The molecule has 1 amide bonds. The normalized spacial score (nSPS) is 27.4. The summed E-state index contributed by atoms with van der Waals surface area (Å²) in [4.78, 5) is 16.4. The van der Waals surface area contributed by atoms with Crippen LogP contribution in [-0.2, 0) is 16.0 Å². The predicted molar refractivity (Wildman–Crippen MR) is 97.6 cm³/mol. The van der Waals surface area contributed by atoms with Crippen LogP contribution in [-0.4, -0.2) is 68.8 Å². The topological polar surface area (TPSA) is 42.0 Å². The van der Waals surface area contributed by atoms with E-state index in [-0.39, 0.29) is 5.91 Å². The minimum atomic E-state index is 0.0515. The molecular formula is C20H30N2O3. The van der Waals surface area contributed by atoms with Crippen LogP contribution in [0.5, 0.6) is 0 Å². The fourth-order valence-corrected chi connectivity index (χ4v) is 4.23. The van der Waals surface area contributed by atoms with E-state index in [1.54, 1.807) is 19.0 Å². The maximum atomic E-state index is 12.2. The summed E-state index contributed by atoms with van der Waals surface area (Å²) in [5.41, 5.74) is 1.94. The highest BCUT2D eigenvalue weighted by Crippen LogP contribution is 2.34. The highest BCUT2D eigenvalue weighted by atomic mass is 16.5. The quantitative estimate of drug-likeness (QED) is 0.821. The molecule has 1 aromatic rings. The van der Waals surface area contributed by atoms with Crippen LogP contribution in [0.1, 0.15) is 35.2 Å². The zero-order chi connectivity index (χ0) is 17.8. The Kier molecular flexibility index (Phi) is 6.10. The van der Waals surface area contributed by atoms with E-state index in [4.69, 9.17) is 9.47 Å². The van der Waals surface area contributed by atoms with Crippen molar-refractivity contribution in [1.82, 2.24) is 9.80 Å². The molecule has 0 unspecified atom stereocenters. The number of hydrogen-bond donors (Lipinski definition) is 0. The van der Waals surface area contributed by atoms with Crippen molar-refractivity contribution in [2.24, 2.45) is 5.92 Å². The molecule has 0 radical (unpaired) electrons. The number of amides is 1. The van der Waals surface area contributed by atoms with Crippen molar-refractivity contribution in [3.8, 4) is 0 Å². The second kappa shape index (κ2) is 8.30. The number of rotatable bonds is 5. The van der Waals surface area contributed by atoms with Crippen molar-refractivity contribution in [2.45, 2.75) is 38.0 Å². The number of carbonyl (C=O) groups is 1. The number of morpholine rings is 1. The van der Waals surface area contributed by atoms with Crippen molar-refractivity contribution in [1.29, 1.82) is 0 Å². The van der Waals surface area contributed by atoms with Gasteiger partial charge < -0.3 is 14.4 Å². The van der Waals surface area contributed by atoms with E-state index in [1.165, 1.54) is 18.4 Å². The Labute approximate surface area is 150 Å². The van der Waals surface area contributed by atoms with Crippen LogP contribution in [0, 0.1) is 5.92 Å². The monoisotopic (exact) mass is 346 g/mol. The molecule has 25 heavy (non-hydrogen) atoms. The molecule has 0 spiro atoms. The lowest BCUT2D eigenvalue weighted by molar-refractivity contribution is -0.0608. The van der Waals surface area contributed by atoms with Gasteiger partial charge >= 0.3 is 0 Å². The van der Waals surface area contributed by atoms with Gasteiger partial charge in [-0.25, -0.2) is 0 Å². The van der Waals surface area contributed by atoms with E-state index in [2.05, 4.69) is 11.0 Å². The van der Waals surface area contributed by atoms with Crippen molar-refractivity contribution >= 4 is 5.91 Å². The SMILES string of the molecule is CO[C@@H]1CCC[C@@H]1[C@@H]1COCCN1Cc1cccc(C(=O)N(C)C)c1. The van der Waals surface area contributed by atoms with E-state index in [9.17, 15) is 4.79 Å². The third kappa shape index (κ3) is 4.22. The Morgan fingerprint density at radius 1 is 1.36 bits per heavy atom. The van der Waals surface area contributed by atoms with Gasteiger partial charge in [0.15, 0.2) is 0 Å². The third-order valence-corrected chi connectivity index (χ3v) is 5.55. The van der Waals surface area contributed by atoms with E-state index >= 15 is 0 Å². The number of carbonyl (C=O) groups excluding carboxylic acids is 1. The summed E-state index contributed by atoms with van der Waals surface area (Å²) in [5.74, 6) is 0.590. The van der Waals surface area contributed by atoms with E-state index < -0.39 is 0 Å². The second-order valence-electron chi connectivity index (χ2n) is 7.38. The number of methoxy groups -OCH3 is 1. The molecule has 2 aliphatic rings. The average Bonchev–Trinajstić information content (AvgIpc) is 3.10. The molecular weight excluding hydrogens is 316 g/mol. The summed E-state index contributed by atoms with van der Waals surface area (Å²) in [7, 11) is 5.41. The molecule has 1 aliphatic carbocycles. The Hall–Kier alpha value is -1.43. The van der Waals surface area contributed by atoms with Gasteiger partial charge in [0.2, 0.25) is 0 Å². The molecule has 1 heterocycles. The molecule has 3 rings (SSSR count). The zero-order valence-electron chi connectivity index (χ0n) is 15.6. The molecule has 0 bridgehead atoms. The fraction of sp³-hybridized carbons (Fsp3) is 0.650. The molecule has 138 valence electrons. The standard InChI is InChI=1S/C20H30N2O3/c1-21(2)20(23)16-7-4-6-15(12-16)13-22-10-11-25-14-18(22)17-8-5-9-19(17)24-3/h4,6-7,12,17-19H,5,8-11,13-14H2,1-3H3/t17-,18+,19-/m1/s1. The van der Waals surface area contributed by atoms with E-state index in [0.717, 1.165) is 38.3 Å². The Morgan fingerprint density at radius 2 is 2.20 bits per heavy atom. The van der Waals surface area contributed by atoms with E-state index in [0.29, 0.717) is 18.1 Å². The lowest BCUT2D eigenvalue weighted by atomic mass is 9.93. The van der Waals surface area contributed by atoms with Gasteiger partial charge in [-0.1, -0.05) is 18.6 Å².